The van der Waals surface area contributed by atoms with Crippen molar-refractivity contribution in [2.24, 2.45) is 0 Å². The summed E-state index contributed by atoms with van der Waals surface area (Å²) in [5.41, 5.74) is 0. The fraction of sp³-hybridized carbons (Fsp3) is 0.755. The normalized spacial score (nSPS) is 22.0. The smallest absolute Gasteiger partial charge is 0.457 e. The molecule has 6 atom stereocenters. The minimum absolute atomic E-state index is 0.0977. The van der Waals surface area contributed by atoms with Crippen molar-refractivity contribution < 1.29 is 58.3 Å². The summed E-state index contributed by atoms with van der Waals surface area (Å²) in [4.78, 5) is 23.2. The number of hydrogen-bond acceptors (Lipinski definition) is 11. The Morgan fingerprint density at radius 2 is 0.894 bits per heavy atom. The van der Waals surface area contributed by atoms with Crippen molar-refractivity contribution in [2.75, 3.05) is 19.8 Å². The average molecular weight is 953 g/mol. The van der Waals surface area contributed by atoms with Crippen LogP contribution in [-0.2, 0) is 27.9 Å². The lowest BCUT2D eigenvalue weighted by Crippen LogP contribution is -2.64. The van der Waals surface area contributed by atoms with Gasteiger partial charge in [-0.2, -0.15) is 0 Å². The van der Waals surface area contributed by atoms with Gasteiger partial charge in [0, 0.05) is 13.0 Å². The van der Waals surface area contributed by atoms with E-state index in [1.165, 1.54) is 83.5 Å². The van der Waals surface area contributed by atoms with Crippen molar-refractivity contribution in [3.8, 4) is 0 Å². The van der Waals surface area contributed by atoms with Gasteiger partial charge in [-0.1, -0.05) is 177 Å². The SMILES string of the molecule is CC/C=C\C/C=C\C/C=C\C/C=C\C/C=C\CCCCCCOCC(COP(=O)(O)OC1C(O)C(O)C(O)C(O)C1O)OC(=O)CCCCCCCCCCC/C=C\CCCCCCCC. The van der Waals surface area contributed by atoms with Crippen LogP contribution < -0.4 is 0 Å². The standard InChI is InChI=1S/C53H93O12P/c1-3-5-7-9-11-13-15-17-19-21-23-25-27-29-31-33-35-37-39-41-43-62-44-46(45-63-66(60,61)65-53-51(58)49(56)48(55)50(57)52(53)59)64-47(54)42-40-38-36-34-32-30-28-26-24-22-20-18-16-14-12-10-8-6-4-2/h5,7,11,13,17-20,23,25,29,31,46,48-53,55-59H,3-4,6,8-10,12,14-16,21-22,24,26-28,30,32-45H2,1-2H3,(H,60,61)/b7-5-,13-11-,19-17-,20-18-,25-23-,31-29-. The van der Waals surface area contributed by atoms with Crippen molar-refractivity contribution in [2.45, 2.75) is 236 Å². The minimum atomic E-state index is -5.03. The number of unbranched alkanes of at least 4 members (excludes halogenated alkanes) is 19. The van der Waals surface area contributed by atoms with Crippen molar-refractivity contribution in [1.82, 2.24) is 0 Å². The number of aliphatic hydroxyl groups is 5. The van der Waals surface area contributed by atoms with Gasteiger partial charge >= 0.3 is 13.8 Å². The van der Waals surface area contributed by atoms with Crippen LogP contribution in [0.3, 0.4) is 0 Å². The number of phosphoric ester groups is 1. The van der Waals surface area contributed by atoms with Gasteiger partial charge in [0.25, 0.3) is 0 Å². The molecule has 382 valence electrons. The molecule has 6 N–H and O–H groups in total. The zero-order valence-corrected chi connectivity index (χ0v) is 41.9. The topological polar surface area (TPSA) is 192 Å². The molecule has 0 aliphatic heterocycles. The fourth-order valence-electron chi connectivity index (χ4n) is 7.49. The number of allylic oxidation sites excluding steroid dienone is 12. The van der Waals surface area contributed by atoms with Crippen LogP contribution in [-0.4, -0.2) is 98.9 Å². The van der Waals surface area contributed by atoms with Crippen molar-refractivity contribution in [1.29, 1.82) is 0 Å². The Morgan fingerprint density at radius 1 is 0.500 bits per heavy atom. The van der Waals surface area contributed by atoms with Crippen LogP contribution in [0.1, 0.15) is 194 Å². The van der Waals surface area contributed by atoms with Gasteiger partial charge in [-0.15, -0.1) is 0 Å². The second-order valence-electron chi connectivity index (χ2n) is 17.6. The maximum Gasteiger partial charge on any atom is 0.472 e. The first-order valence-corrected chi connectivity index (χ1v) is 27.3. The Labute approximate surface area is 400 Å². The summed E-state index contributed by atoms with van der Waals surface area (Å²) in [6.07, 6.45) is 43.9. The second kappa shape index (κ2) is 42.8. The van der Waals surface area contributed by atoms with Crippen LogP contribution in [0.25, 0.3) is 0 Å². The molecule has 0 aromatic carbocycles. The number of ether oxygens (including phenoxy) is 2. The van der Waals surface area contributed by atoms with Crippen LogP contribution in [0.2, 0.25) is 0 Å². The molecule has 1 rings (SSSR count). The second-order valence-corrected chi connectivity index (χ2v) is 19.0. The van der Waals surface area contributed by atoms with Crippen molar-refractivity contribution >= 4 is 13.8 Å². The third-order valence-electron chi connectivity index (χ3n) is 11.6. The first-order chi connectivity index (χ1) is 32.0. The van der Waals surface area contributed by atoms with Gasteiger partial charge in [0.1, 0.15) is 42.7 Å². The molecule has 6 unspecified atom stereocenters. The summed E-state index contributed by atoms with van der Waals surface area (Å²) in [5, 5.41) is 50.3. The highest BCUT2D eigenvalue weighted by Gasteiger charge is 2.51. The van der Waals surface area contributed by atoms with E-state index < -0.39 is 63.1 Å². The zero-order chi connectivity index (χ0) is 48.4. The van der Waals surface area contributed by atoms with E-state index in [0.717, 1.165) is 83.5 Å². The third kappa shape index (κ3) is 34.1. The Morgan fingerprint density at radius 3 is 1.38 bits per heavy atom. The largest absolute Gasteiger partial charge is 0.472 e. The molecule has 0 aromatic rings. The van der Waals surface area contributed by atoms with Gasteiger partial charge in [-0.25, -0.2) is 4.57 Å². The first kappa shape index (κ1) is 61.8. The number of rotatable bonds is 43. The molecule has 0 aromatic heterocycles. The quantitative estimate of drug-likeness (QED) is 0.0147. The molecule has 0 radical (unpaired) electrons. The number of esters is 1. The van der Waals surface area contributed by atoms with Gasteiger partial charge in [0.2, 0.25) is 0 Å². The highest BCUT2D eigenvalue weighted by molar-refractivity contribution is 7.47. The number of phosphoric acid groups is 1. The summed E-state index contributed by atoms with van der Waals surface area (Å²) in [5.74, 6) is -0.490. The van der Waals surface area contributed by atoms with E-state index >= 15 is 0 Å². The maximum atomic E-state index is 12.9. The van der Waals surface area contributed by atoms with Gasteiger partial charge in [0.05, 0.1) is 13.2 Å². The number of carbonyl (C=O) groups excluding carboxylic acids is 1. The summed E-state index contributed by atoms with van der Waals surface area (Å²) in [6.45, 7) is 4.09. The lowest BCUT2D eigenvalue weighted by molar-refractivity contribution is -0.220. The summed E-state index contributed by atoms with van der Waals surface area (Å²) >= 11 is 0. The van der Waals surface area contributed by atoms with Gasteiger partial charge in [0.15, 0.2) is 0 Å². The van der Waals surface area contributed by atoms with E-state index in [-0.39, 0.29) is 13.0 Å². The molecule has 1 fully saturated rings. The molecule has 1 aliphatic carbocycles. The van der Waals surface area contributed by atoms with Gasteiger partial charge < -0.3 is 39.9 Å². The molecule has 0 amide bonds. The lowest BCUT2D eigenvalue weighted by atomic mass is 9.85. The minimum Gasteiger partial charge on any atom is -0.457 e. The molecule has 0 heterocycles. The summed E-state index contributed by atoms with van der Waals surface area (Å²) < 4.78 is 34.3. The number of hydrogen-bond donors (Lipinski definition) is 6. The molecule has 12 nitrogen and oxygen atoms in total. The van der Waals surface area contributed by atoms with E-state index in [9.17, 15) is 39.8 Å². The molecule has 1 saturated carbocycles. The Hall–Kier alpha value is -2.22. The zero-order valence-electron chi connectivity index (χ0n) is 41.0. The number of aliphatic hydroxyl groups excluding tert-OH is 5. The molecule has 66 heavy (non-hydrogen) atoms. The maximum absolute atomic E-state index is 12.9. The van der Waals surface area contributed by atoms with E-state index in [4.69, 9.17) is 18.5 Å². The number of carbonyl (C=O) groups is 1. The molecule has 1 aliphatic rings. The Bertz CT molecular complexity index is 1360. The van der Waals surface area contributed by atoms with Gasteiger partial charge in [-0.3, -0.25) is 13.8 Å². The van der Waals surface area contributed by atoms with E-state index in [0.29, 0.717) is 13.0 Å². The molecular formula is C53H93O12P. The molecule has 0 spiro atoms. The molecule has 0 saturated heterocycles. The Kier molecular flexibility index (Phi) is 40.1. The highest BCUT2D eigenvalue weighted by Crippen LogP contribution is 2.47. The van der Waals surface area contributed by atoms with Gasteiger partial charge in [-0.05, 0) is 83.5 Å². The monoisotopic (exact) mass is 953 g/mol. The van der Waals surface area contributed by atoms with Crippen molar-refractivity contribution in [3.63, 3.8) is 0 Å². The van der Waals surface area contributed by atoms with E-state index in [1.807, 2.05) is 0 Å². The summed E-state index contributed by atoms with van der Waals surface area (Å²) in [6, 6.07) is 0. The predicted molar refractivity (Wildman–Crippen MR) is 267 cm³/mol. The Balaban J connectivity index is 2.37. The summed E-state index contributed by atoms with van der Waals surface area (Å²) in [7, 11) is -5.03. The average Bonchev–Trinajstić information content (AvgIpc) is 3.30. The van der Waals surface area contributed by atoms with E-state index in [1.54, 1.807) is 0 Å². The lowest BCUT2D eigenvalue weighted by Gasteiger charge is -2.41. The predicted octanol–water partition coefficient (Wildman–Crippen LogP) is 11.5. The fourth-order valence-corrected chi connectivity index (χ4v) is 8.47. The van der Waals surface area contributed by atoms with Crippen LogP contribution >= 0.6 is 7.82 Å². The van der Waals surface area contributed by atoms with Crippen molar-refractivity contribution in [3.05, 3.63) is 72.9 Å². The molecule has 0 bridgehead atoms. The van der Waals surface area contributed by atoms with Crippen LogP contribution in [0.4, 0.5) is 0 Å². The first-order valence-electron chi connectivity index (χ1n) is 25.8. The molecular weight excluding hydrogens is 860 g/mol. The van der Waals surface area contributed by atoms with Crippen LogP contribution in [0, 0.1) is 0 Å². The van der Waals surface area contributed by atoms with E-state index in [2.05, 4.69) is 86.8 Å². The molecule has 13 heteroatoms. The third-order valence-corrected chi connectivity index (χ3v) is 12.5. The highest BCUT2D eigenvalue weighted by atomic mass is 31.2. The van der Waals surface area contributed by atoms with Crippen LogP contribution in [0.5, 0.6) is 0 Å². The van der Waals surface area contributed by atoms with Crippen LogP contribution in [0.15, 0.2) is 72.9 Å².